The van der Waals surface area contributed by atoms with E-state index in [-0.39, 0.29) is 11.9 Å². The SMILES string of the molecule is NC(=O)c1ccc(CN2C[C@@H](O)C[C@H]2c2ccc(F)cc2)cc1. The van der Waals surface area contributed by atoms with Gasteiger partial charge in [0.15, 0.2) is 0 Å². The van der Waals surface area contributed by atoms with Gasteiger partial charge in [0.2, 0.25) is 5.91 Å². The third-order valence-corrected chi connectivity index (χ3v) is 4.26. The second-order valence-corrected chi connectivity index (χ2v) is 5.95. The predicted octanol–water partition coefficient (Wildman–Crippen LogP) is 2.23. The first-order valence-electron chi connectivity index (χ1n) is 7.59. The van der Waals surface area contributed by atoms with Gasteiger partial charge in [-0.2, -0.15) is 0 Å². The second kappa shape index (κ2) is 6.48. The van der Waals surface area contributed by atoms with Crippen LogP contribution in [0.2, 0.25) is 0 Å². The van der Waals surface area contributed by atoms with E-state index in [1.54, 1.807) is 24.3 Å². The number of nitrogens with two attached hydrogens (primary N) is 1. The number of hydrogen-bond donors (Lipinski definition) is 2. The number of primary amides is 1. The van der Waals surface area contributed by atoms with E-state index in [0.717, 1.165) is 11.1 Å². The molecule has 1 heterocycles. The van der Waals surface area contributed by atoms with E-state index in [2.05, 4.69) is 4.90 Å². The van der Waals surface area contributed by atoms with Gasteiger partial charge in [-0.05, 0) is 41.8 Å². The van der Waals surface area contributed by atoms with Crippen molar-refractivity contribution in [3.8, 4) is 0 Å². The molecule has 3 N–H and O–H groups in total. The van der Waals surface area contributed by atoms with Gasteiger partial charge in [0.25, 0.3) is 0 Å². The van der Waals surface area contributed by atoms with Crippen molar-refractivity contribution >= 4 is 5.91 Å². The van der Waals surface area contributed by atoms with Gasteiger partial charge >= 0.3 is 0 Å². The summed E-state index contributed by atoms with van der Waals surface area (Å²) in [5.74, 6) is -0.710. The van der Waals surface area contributed by atoms with Crippen molar-refractivity contribution in [1.29, 1.82) is 0 Å². The van der Waals surface area contributed by atoms with Crippen molar-refractivity contribution in [2.24, 2.45) is 5.73 Å². The van der Waals surface area contributed by atoms with Gasteiger partial charge in [-0.1, -0.05) is 24.3 Å². The zero-order valence-electron chi connectivity index (χ0n) is 12.7. The number of aliphatic hydroxyl groups excluding tert-OH is 1. The highest BCUT2D eigenvalue weighted by Gasteiger charge is 2.31. The number of carbonyl (C=O) groups is 1. The summed E-state index contributed by atoms with van der Waals surface area (Å²) < 4.78 is 13.1. The maximum Gasteiger partial charge on any atom is 0.248 e. The van der Waals surface area contributed by atoms with E-state index < -0.39 is 12.0 Å². The lowest BCUT2D eigenvalue weighted by Crippen LogP contribution is -2.24. The number of halogens is 1. The average Bonchev–Trinajstić information content (AvgIpc) is 2.89. The van der Waals surface area contributed by atoms with Crippen molar-refractivity contribution in [3.63, 3.8) is 0 Å². The lowest BCUT2D eigenvalue weighted by molar-refractivity contribution is 0.1000. The lowest BCUT2D eigenvalue weighted by atomic mass is 10.0. The maximum atomic E-state index is 13.1. The molecule has 2 atom stereocenters. The van der Waals surface area contributed by atoms with Gasteiger partial charge < -0.3 is 10.8 Å². The molecule has 1 amide bonds. The van der Waals surface area contributed by atoms with Gasteiger partial charge in [-0.3, -0.25) is 9.69 Å². The number of rotatable bonds is 4. The van der Waals surface area contributed by atoms with Crippen LogP contribution in [-0.2, 0) is 6.54 Å². The minimum atomic E-state index is -0.447. The van der Waals surface area contributed by atoms with Crippen LogP contribution in [-0.4, -0.2) is 28.6 Å². The number of benzene rings is 2. The Morgan fingerprint density at radius 3 is 2.43 bits per heavy atom. The molecule has 0 aliphatic carbocycles. The first kappa shape index (κ1) is 15.6. The Balaban J connectivity index is 1.77. The van der Waals surface area contributed by atoms with Gasteiger partial charge in [0, 0.05) is 24.7 Å². The normalized spacial score (nSPS) is 21.5. The van der Waals surface area contributed by atoms with Crippen LogP contribution in [0, 0.1) is 5.82 Å². The number of carbonyl (C=O) groups excluding carboxylic acids is 1. The first-order chi connectivity index (χ1) is 11.0. The Kier molecular flexibility index (Phi) is 4.41. The monoisotopic (exact) mass is 314 g/mol. The number of nitrogens with zero attached hydrogens (tertiary/aromatic N) is 1. The lowest BCUT2D eigenvalue weighted by Gasteiger charge is -2.24. The Bertz CT molecular complexity index is 685. The summed E-state index contributed by atoms with van der Waals surface area (Å²) in [5, 5.41) is 10.0. The van der Waals surface area contributed by atoms with Crippen LogP contribution in [0.15, 0.2) is 48.5 Å². The van der Waals surface area contributed by atoms with E-state index in [9.17, 15) is 14.3 Å². The fourth-order valence-electron chi connectivity index (χ4n) is 3.09. The molecule has 120 valence electrons. The van der Waals surface area contributed by atoms with Crippen LogP contribution >= 0.6 is 0 Å². The Labute approximate surface area is 134 Å². The summed E-state index contributed by atoms with van der Waals surface area (Å²) in [6, 6.07) is 13.6. The highest BCUT2D eigenvalue weighted by atomic mass is 19.1. The number of β-amino-alcohol motifs (C(OH)–C–C–N with tert-alkyl or cyclic N) is 1. The molecule has 1 aliphatic heterocycles. The summed E-state index contributed by atoms with van der Waals surface area (Å²) in [7, 11) is 0. The molecule has 0 bridgehead atoms. The number of amides is 1. The molecule has 1 aliphatic rings. The molecular formula is C18H19FN2O2. The molecule has 0 unspecified atom stereocenters. The van der Waals surface area contributed by atoms with Gasteiger partial charge in [0.05, 0.1) is 6.10 Å². The second-order valence-electron chi connectivity index (χ2n) is 5.95. The summed E-state index contributed by atoms with van der Waals surface area (Å²) in [6.07, 6.45) is 0.236. The van der Waals surface area contributed by atoms with E-state index >= 15 is 0 Å². The number of hydrogen-bond acceptors (Lipinski definition) is 3. The summed E-state index contributed by atoms with van der Waals surface area (Å²) in [6.45, 7) is 1.22. The number of aliphatic hydroxyl groups is 1. The van der Waals surface area contributed by atoms with Crippen molar-refractivity contribution < 1.29 is 14.3 Å². The molecule has 2 aromatic carbocycles. The van der Waals surface area contributed by atoms with Crippen molar-refractivity contribution in [2.75, 3.05) is 6.54 Å². The topological polar surface area (TPSA) is 66.6 Å². The van der Waals surface area contributed by atoms with E-state index in [4.69, 9.17) is 5.73 Å². The molecular weight excluding hydrogens is 295 g/mol. The summed E-state index contributed by atoms with van der Waals surface area (Å²) >= 11 is 0. The molecule has 3 rings (SSSR count). The van der Waals surface area contributed by atoms with Crippen LogP contribution < -0.4 is 5.73 Å². The fraction of sp³-hybridized carbons (Fsp3) is 0.278. The fourth-order valence-corrected chi connectivity index (χ4v) is 3.09. The van der Waals surface area contributed by atoms with Crippen LogP contribution in [0.3, 0.4) is 0 Å². The largest absolute Gasteiger partial charge is 0.392 e. The minimum absolute atomic E-state index is 0.0569. The first-order valence-corrected chi connectivity index (χ1v) is 7.59. The van der Waals surface area contributed by atoms with Crippen LogP contribution in [0.1, 0.15) is 33.9 Å². The molecule has 0 saturated carbocycles. The molecule has 23 heavy (non-hydrogen) atoms. The van der Waals surface area contributed by atoms with Crippen molar-refractivity contribution in [1.82, 2.24) is 4.90 Å². The van der Waals surface area contributed by atoms with Crippen molar-refractivity contribution in [3.05, 3.63) is 71.0 Å². The zero-order chi connectivity index (χ0) is 16.4. The minimum Gasteiger partial charge on any atom is -0.392 e. The van der Waals surface area contributed by atoms with Crippen LogP contribution in [0.25, 0.3) is 0 Å². The van der Waals surface area contributed by atoms with Gasteiger partial charge in [-0.25, -0.2) is 4.39 Å². The summed E-state index contributed by atoms with van der Waals surface area (Å²) in [5.41, 5.74) is 7.76. The molecule has 0 radical (unpaired) electrons. The third kappa shape index (κ3) is 3.57. The predicted molar refractivity (Wildman–Crippen MR) is 85.1 cm³/mol. The third-order valence-electron chi connectivity index (χ3n) is 4.26. The summed E-state index contributed by atoms with van der Waals surface area (Å²) in [4.78, 5) is 13.3. The number of likely N-dealkylation sites (tertiary alicyclic amines) is 1. The highest BCUT2D eigenvalue weighted by Crippen LogP contribution is 2.33. The zero-order valence-corrected chi connectivity index (χ0v) is 12.7. The molecule has 5 heteroatoms. The van der Waals surface area contributed by atoms with Crippen LogP contribution in [0.5, 0.6) is 0 Å². The molecule has 2 aromatic rings. The average molecular weight is 314 g/mol. The molecule has 1 fully saturated rings. The molecule has 1 saturated heterocycles. The van der Waals surface area contributed by atoms with Gasteiger partial charge in [-0.15, -0.1) is 0 Å². The molecule has 0 spiro atoms. The standard InChI is InChI=1S/C18H19FN2O2/c19-15-7-5-13(6-8-15)17-9-16(22)11-21(17)10-12-1-3-14(4-2-12)18(20)23/h1-8,16-17,22H,9-11H2,(H2,20,23)/t16-,17-/m0/s1. The Morgan fingerprint density at radius 1 is 1.17 bits per heavy atom. The van der Waals surface area contributed by atoms with Crippen molar-refractivity contribution in [2.45, 2.75) is 25.1 Å². The van der Waals surface area contributed by atoms with Gasteiger partial charge in [0.1, 0.15) is 5.82 Å². The smallest absolute Gasteiger partial charge is 0.248 e. The van der Waals surface area contributed by atoms with E-state index in [1.165, 1.54) is 12.1 Å². The Morgan fingerprint density at radius 2 is 1.83 bits per heavy atom. The quantitative estimate of drug-likeness (QED) is 0.909. The Hall–Kier alpha value is -2.24. The van der Waals surface area contributed by atoms with E-state index in [0.29, 0.717) is 25.1 Å². The van der Waals surface area contributed by atoms with E-state index in [1.807, 2.05) is 12.1 Å². The molecule has 4 nitrogen and oxygen atoms in total. The van der Waals surface area contributed by atoms with Crippen LogP contribution in [0.4, 0.5) is 4.39 Å². The maximum absolute atomic E-state index is 13.1. The molecule has 0 aromatic heterocycles. The highest BCUT2D eigenvalue weighted by molar-refractivity contribution is 5.92.